The van der Waals surface area contributed by atoms with Crippen LogP contribution in [0, 0.1) is 0 Å². The summed E-state index contributed by atoms with van der Waals surface area (Å²) in [6.07, 6.45) is 3.54. The second-order valence-corrected chi connectivity index (χ2v) is 4.48. The monoisotopic (exact) mass is 199 g/mol. The molecule has 72 valence electrons. The summed E-state index contributed by atoms with van der Waals surface area (Å²) in [5.74, 6) is 1.08. The van der Waals surface area contributed by atoms with Crippen LogP contribution in [0.15, 0.2) is 12.4 Å². The number of ether oxygens (including phenoxy) is 1. The lowest BCUT2D eigenvalue weighted by Crippen LogP contribution is -2.30. The molecule has 0 atom stereocenters. The van der Waals surface area contributed by atoms with Gasteiger partial charge in [0.15, 0.2) is 0 Å². The van der Waals surface area contributed by atoms with Crippen molar-refractivity contribution in [2.24, 2.45) is 0 Å². The molecular weight excluding hydrogens is 186 g/mol. The second-order valence-electron chi connectivity index (χ2n) is 3.07. The highest BCUT2D eigenvalue weighted by atomic mass is 32.2. The fourth-order valence-electron chi connectivity index (χ4n) is 1.13. The summed E-state index contributed by atoms with van der Waals surface area (Å²) in [6, 6.07) is 0. The van der Waals surface area contributed by atoms with Gasteiger partial charge >= 0.3 is 0 Å². The summed E-state index contributed by atoms with van der Waals surface area (Å²) in [4.78, 5) is 0. The van der Waals surface area contributed by atoms with Crippen LogP contribution < -0.4 is 5.73 Å². The topological polar surface area (TPSA) is 53.1 Å². The molecule has 0 saturated carbocycles. The van der Waals surface area contributed by atoms with E-state index in [0.29, 0.717) is 5.25 Å². The number of nitrogens with zero attached hydrogens (tertiary/aromatic N) is 2. The Morgan fingerprint density at radius 2 is 2.54 bits per heavy atom. The van der Waals surface area contributed by atoms with Crippen molar-refractivity contribution < 1.29 is 4.74 Å². The van der Waals surface area contributed by atoms with Crippen LogP contribution in [0.3, 0.4) is 0 Å². The Bertz CT molecular complexity index is 272. The predicted molar refractivity (Wildman–Crippen MR) is 53.7 cm³/mol. The van der Waals surface area contributed by atoms with Crippen molar-refractivity contribution in [2.45, 2.75) is 11.8 Å². The van der Waals surface area contributed by atoms with Crippen molar-refractivity contribution in [1.29, 1.82) is 0 Å². The second kappa shape index (κ2) is 4.02. The summed E-state index contributed by atoms with van der Waals surface area (Å²) in [5, 5.41) is 4.81. The molecular formula is C8H13N3OS. The number of nitrogen functional groups attached to an aromatic ring is 1. The van der Waals surface area contributed by atoms with Crippen LogP contribution in [-0.4, -0.2) is 34.0 Å². The van der Waals surface area contributed by atoms with Crippen LogP contribution in [-0.2, 0) is 11.3 Å². The highest BCUT2D eigenvalue weighted by Gasteiger charge is 2.17. The molecule has 1 aromatic heterocycles. The Balaban J connectivity index is 1.67. The van der Waals surface area contributed by atoms with E-state index < -0.39 is 0 Å². The van der Waals surface area contributed by atoms with E-state index in [1.807, 2.05) is 22.6 Å². The molecule has 1 aromatic rings. The third-order valence-electron chi connectivity index (χ3n) is 1.93. The van der Waals surface area contributed by atoms with Crippen LogP contribution in [0.4, 0.5) is 5.69 Å². The first kappa shape index (κ1) is 8.90. The normalized spacial score (nSPS) is 17.2. The van der Waals surface area contributed by atoms with Gasteiger partial charge in [0.05, 0.1) is 36.9 Å². The summed E-state index contributed by atoms with van der Waals surface area (Å²) in [7, 11) is 0. The van der Waals surface area contributed by atoms with E-state index in [-0.39, 0.29) is 0 Å². The van der Waals surface area contributed by atoms with Gasteiger partial charge in [0.25, 0.3) is 0 Å². The maximum Gasteiger partial charge on any atom is 0.0719 e. The lowest BCUT2D eigenvalue weighted by atomic mass is 10.4. The molecule has 2 rings (SSSR count). The Kier molecular flexibility index (Phi) is 2.75. The van der Waals surface area contributed by atoms with Gasteiger partial charge in [-0.3, -0.25) is 4.68 Å². The van der Waals surface area contributed by atoms with E-state index in [2.05, 4.69) is 5.10 Å². The lowest BCUT2D eigenvalue weighted by molar-refractivity contribution is 0.0455. The van der Waals surface area contributed by atoms with Crippen molar-refractivity contribution in [3.05, 3.63) is 12.4 Å². The van der Waals surface area contributed by atoms with Gasteiger partial charge in [0.2, 0.25) is 0 Å². The number of aryl methyl sites for hydroxylation is 1. The number of rotatable bonds is 4. The maximum atomic E-state index is 5.54. The highest BCUT2D eigenvalue weighted by Crippen LogP contribution is 2.18. The third-order valence-corrected chi connectivity index (χ3v) is 3.10. The van der Waals surface area contributed by atoms with Crippen LogP contribution in [0.25, 0.3) is 0 Å². The Labute approximate surface area is 81.4 Å². The maximum absolute atomic E-state index is 5.54. The van der Waals surface area contributed by atoms with Crippen LogP contribution >= 0.6 is 11.8 Å². The molecule has 2 heterocycles. The van der Waals surface area contributed by atoms with Crippen molar-refractivity contribution in [3.63, 3.8) is 0 Å². The van der Waals surface area contributed by atoms with Gasteiger partial charge in [0.1, 0.15) is 0 Å². The number of anilines is 1. The molecule has 13 heavy (non-hydrogen) atoms. The summed E-state index contributed by atoms with van der Waals surface area (Å²) in [6.45, 7) is 2.75. The molecule has 0 radical (unpaired) electrons. The van der Waals surface area contributed by atoms with Crippen molar-refractivity contribution in [3.8, 4) is 0 Å². The molecule has 4 nitrogen and oxygen atoms in total. The Morgan fingerprint density at radius 3 is 3.08 bits per heavy atom. The molecule has 0 spiro atoms. The average Bonchev–Trinajstić information content (AvgIpc) is 2.42. The van der Waals surface area contributed by atoms with Gasteiger partial charge in [-0.15, -0.1) is 0 Å². The summed E-state index contributed by atoms with van der Waals surface area (Å²) >= 11 is 1.94. The van der Waals surface area contributed by atoms with E-state index >= 15 is 0 Å². The molecule has 2 N–H and O–H groups in total. The number of aromatic nitrogens is 2. The fraction of sp³-hybridized carbons (Fsp3) is 0.625. The zero-order valence-corrected chi connectivity index (χ0v) is 8.17. The SMILES string of the molecule is Nc1cnn(CCSC2COC2)c1. The van der Waals surface area contributed by atoms with Crippen molar-refractivity contribution >= 4 is 17.4 Å². The van der Waals surface area contributed by atoms with Gasteiger partial charge in [-0.05, 0) is 0 Å². The van der Waals surface area contributed by atoms with Gasteiger partial charge in [0, 0.05) is 11.9 Å². The average molecular weight is 199 g/mol. The highest BCUT2D eigenvalue weighted by molar-refractivity contribution is 8.00. The van der Waals surface area contributed by atoms with Crippen LogP contribution in [0.5, 0.6) is 0 Å². The largest absolute Gasteiger partial charge is 0.396 e. The fourth-order valence-corrected chi connectivity index (χ4v) is 2.14. The minimum absolute atomic E-state index is 0.702. The minimum atomic E-state index is 0.702. The Morgan fingerprint density at radius 1 is 1.69 bits per heavy atom. The number of thioether (sulfide) groups is 1. The quantitative estimate of drug-likeness (QED) is 0.771. The molecule has 1 aliphatic heterocycles. The van der Waals surface area contributed by atoms with Gasteiger partial charge in [-0.2, -0.15) is 16.9 Å². The predicted octanol–water partition coefficient (Wildman–Crippen LogP) is 0.597. The third kappa shape index (κ3) is 2.38. The first-order valence-corrected chi connectivity index (χ1v) is 5.37. The molecule has 5 heteroatoms. The molecule has 0 aliphatic carbocycles. The number of hydrogen-bond acceptors (Lipinski definition) is 4. The van der Waals surface area contributed by atoms with Gasteiger partial charge in [-0.1, -0.05) is 0 Å². The first-order chi connectivity index (χ1) is 6.34. The van der Waals surface area contributed by atoms with Crippen LogP contribution in [0.2, 0.25) is 0 Å². The molecule has 1 fully saturated rings. The zero-order chi connectivity index (χ0) is 9.10. The standard InChI is InChI=1S/C8H13N3OS/c9-7-3-10-11(4-7)1-2-13-8-5-12-6-8/h3-4,8H,1-2,5-6,9H2. The lowest BCUT2D eigenvalue weighted by Gasteiger charge is -2.25. The molecule has 0 aromatic carbocycles. The van der Waals surface area contributed by atoms with E-state index in [1.165, 1.54) is 0 Å². The molecule has 0 amide bonds. The Hall–Kier alpha value is -0.680. The number of hydrogen-bond donors (Lipinski definition) is 1. The molecule has 0 unspecified atom stereocenters. The van der Waals surface area contributed by atoms with E-state index in [0.717, 1.165) is 31.2 Å². The molecule has 1 saturated heterocycles. The van der Waals surface area contributed by atoms with E-state index in [1.54, 1.807) is 6.20 Å². The van der Waals surface area contributed by atoms with Crippen molar-refractivity contribution in [2.75, 3.05) is 24.7 Å². The first-order valence-electron chi connectivity index (χ1n) is 4.32. The van der Waals surface area contributed by atoms with E-state index in [4.69, 9.17) is 10.5 Å². The molecule has 0 bridgehead atoms. The summed E-state index contributed by atoms with van der Waals surface area (Å²) < 4.78 is 6.96. The van der Waals surface area contributed by atoms with E-state index in [9.17, 15) is 0 Å². The van der Waals surface area contributed by atoms with Crippen LogP contribution in [0.1, 0.15) is 0 Å². The smallest absolute Gasteiger partial charge is 0.0719 e. The van der Waals surface area contributed by atoms with Gasteiger partial charge < -0.3 is 10.5 Å². The minimum Gasteiger partial charge on any atom is -0.396 e. The molecule has 1 aliphatic rings. The zero-order valence-electron chi connectivity index (χ0n) is 7.35. The van der Waals surface area contributed by atoms with Gasteiger partial charge in [-0.25, -0.2) is 0 Å². The number of nitrogens with two attached hydrogens (primary N) is 1. The summed E-state index contributed by atoms with van der Waals surface area (Å²) in [5.41, 5.74) is 6.27. The van der Waals surface area contributed by atoms with Crippen molar-refractivity contribution in [1.82, 2.24) is 9.78 Å².